The largest absolute Gasteiger partial charge is 0.272 e. The fraction of sp³-hybridized carbons (Fsp3) is 0.833. The Morgan fingerprint density at radius 3 is 2.29 bits per heavy atom. The molecule has 1 aliphatic rings. The van der Waals surface area contributed by atoms with Gasteiger partial charge in [-0.05, 0) is 18.8 Å². The Kier molecular flexibility index (Phi) is 3.85. The van der Waals surface area contributed by atoms with Crippen LogP contribution in [0.1, 0.15) is 52.9 Å². The van der Waals surface area contributed by atoms with E-state index in [1.54, 1.807) is 0 Å². The van der Waals surface area contributed by atoms with Gasteiger partial charge in [-0.15, -0.1) is 0 Å². The summed E-state index contributed by atoms with van der Waals surface area (Å²) in [7, 11) is 0. The summed E-state index contributed by atoms with van der Waals surface area (Å²) in [5.41, 5.74) is -0.328. The van der Waals surface area contributed by atoms with Crippen LogP contribution in [0.25, 0.3) is 0 Å². The van der Waals surface area contributed by atoms with Gasteiger partial charge in [0.1, 0.15) is 0 Å². The molecular formula is C12H21NO. The van der Waals surface area contributed by atoms with E-state index in [-0.39, 0.29) is 11.3 Å². The summed E-state index contributed by atoms with van der Waals surface area (Å²) < 4.78 is 0. The first kappa shape index (κ1) is 11.4. The van der Waals surface area contributed by atoms with Gasteiger partial charge in [-0.25, -0.2) is 4.99 Å². The van der Waals surface area contributed by atoms with Gasteiger partial charge >= 0.3 is 0 Å². The van der Waals surface area contributed by atoms with E-state index < -0.39 is 0 Å². The SMILES string of the molecule is CC(C)(C)C(=O)N=CC1CCCCC1. The lowest BCUT2D eigenvalue weighted by atomic mass is 9.90. The Morgan fingerprint density at radius 1 is 1.21 bits per heavy atom. The Labute approximate surface area is 86.8 Å². The van der Waals surface area contributed by atoms with Gasteiger partial charge in [0, 0.05) is 11.6 Å². The molecule has 1 amide bonds. The molecule has 0 aromatic carbocycles. The van der Waals surface area contributed by atoms with Crippen LogP contribution in [0.4, 0.5) is 0 Å². The maximum absolute atomic E-state index is 11.5. The summed E-state index contributed by atoms with van der Waals surface area (Å²) in [5, 5.41) is 0. The van der Waals surface area contributed by atoms with E-state index >= 15 is 0 Å². The molecule has 80 valence electrons. The molecule has 1 fully saturated rings. The number of aliphatic imine (C=N–C) groups is 1. The van der Waals surface area contributed by atoms with Gasteiger partial charge in [0.15, 0.2) is 0 Å². The third-order valence-corrected chi connectivity index (χ3v) is 2.69. The first-order valence-electron chi connectivity index (χ1n) is 5.59. The van der Waals surface area contributed by atoms with E-state index in [2.05, 4.69) is 4.99 Å². The molecule has 0 bridgehead atoms. The molecule has 0 N–H and O–H groups in total. The van der Waals surface area contributed by atoms with E-state index in [0.29, 0.717) is 5.92 Å². The number of hydrogen-bond donors (Lipinski definition) is 0. The molecule has 0 unspecified atom stereocenters. The lowest BCUT2D eigenvalue weighted by molar-refractivity contribution is -0.124. The fourth-order valence-corrected chi connectivity index (χ4v) is 1.65. The molecule has 0 aliphatic heterocycles. The molecule has 0 aromatic heterocycles. The lowest BCUT2D eigenvalue weighted by Crippen LogP contribution is -2.19. The van der Waals surface area contributed by atoms with Gasteiger partial charge < -0.3 is 0 Å². The van der Waals surface area contributed by atoms with Crippen LogP contribution in [0, 0.1) is 11.3 Å². The van der Waals surface area contributed by atoms with Gasteiger partial charge in [-0.3, -0.25) is 4.79 Å². The topological polar surface area (TPSA) is 29.4 Å². The highest BCUT2D eigenvalue weighted by Crippen LogP contribution is 2.22. The van der Waals surface area contributed by atoms with Crippen molar-refractivity contribution in [2.75, 3.05) is 0 Å². The van der Waals surface area contributed by atoms with Crippen molar-refractivity contribution in [3.05, 3.63) is 0 Å². The van der Waals surface area contributed by atoms with Crippen LogP contribution in [-0.2, 0) is 4.79 Å². The van der Waals surface area contributed by atoms with Crippen LogP contribution in [0.5, 0.6) is 0 Å². The summed E-state index contributed by atoms with van der Waals surface area (Å²) in [6, 6.07) is 0. The van der Waals surface area contributed by atoms with Crippen LogP contribution < -0.4 is 0 Å². The number of hydrogen-bond acceptors (Lipinski definition) is 1. The normalized spacial score (nSPS) is 20.2. The summed E-state index contributed by atoms with van der Waals surface area (Å²) in [6.07, 6.45) is 8.23. The minimum Gasteiger partial charge on any atom is -0.272 e. The average molecular weight is 195 g/mol. The summed E-state index contributed by atoms with van der Waals surface area (Å²) in [4.78, 5) is 15.6. The van der Waals surface area contributed by atoms with Gasteiger partial charge in [0.05, 0.1) is 0 Å². The quantitative estimate of drug-likeness (QED) is 0.591. The predicted molar refractivity (Wildman–Crippen MR) is 59.5 cm³/mol. The van der Waals surface area contributed by atoms with Gasteiger partial charge in [0.2, 0.25) is 0 Å². The van der Waals surface area contributed by atoms with Gasteiger partial charge in [0.25, 0.3) is 5.91 Å². The molecule has 1 rings (SSSR count). The highest BCUT2D eigenvalue weighted by atomic mass is 16.1. The Bertz CT molecular complexity index is 219. The maximum atomic E-state index is 11.5. The van der Waals surface area contributed by atoms with E-state index in [0.717, 1.165) is 0 Å². The molecule has 0 aromatic rings. The van der Waals surface area contributed by atoms with Crippen molar-refractivity contribution in [2.45, 2.75) is 52.9 Å². The monoisotopic (exact) mass is 195 g/mol. The number of amides is 1. The second-order valence-corrected chi connectivity index (χ2v) is 5.23. The second-order valence-electron chi connectivity index (χ2n) is 5.23. The summed E-state index contributed by atoms with van der Waals surface area (Å²) >= 11 is 0. The highest BCUT2D eigenvalue weighted by molar-refractivity contribution is 5.89. The average Bonchev–Trinajstić information content (AvgIpc) is 2.14. The van der Waals surface area contributed by atoms with Crippen molar-refractivity contribution in [3.63, 3.8) is 0 Å². The van der Waals surface area contributed by atoms with Crippen LogP contribution >= 0.6 is 0 Å². The Balaban J connectivity index is 2.42. The molecule has 0 saturated heterocycles. The van der Waals surface area contributed by atoms with Crippen molar-refractivity contribution in [1.29, 1.82) is 0 Å². The van der Waals surface area contributed by atoms with Gasteiger partial charge in [-0.1, -0.05) is 40.0 Å². The number of rotatable bonds is 1. The highest BCUT2D eigenvalue weighted by Gasteiger charge is 2.20. The Morgan fingerprint density at radius 2 is 1.79 bits per heavy atom. The van der Waals surface area contributed by atoms with Crippen LogP contribution in [-0.4, -0.2) is 12.1 Å². The van der Waals surface area contributed by atoms with Crippen LogP contribution in [0.15, 0.2) is 4.99 Å². The first-order chi connectivity index (χ1) is 6.50. The molecule has 0 spiro atoms. The van der Waals surface area contributed by atoms with Crippen molar-refractivity contribution in [2.24, 2.45) is 16.3 Å². The van der Waals surface area contributed by atoms with Crippen LogP contribution in [0.2, 0.25) is 0 Å². The zero-order chi connectivity index (χ0) is 10.6. The smallest absolute Gasteiger partial charge is 0.250 e. The maximum Gasteiger partial charge on any atom is 0.250 e. The van der Waals surface area contributed by atoms with E-state index in [1.165, 1.54) is 32.1 Å². The third kappa shape index (κ3) is 3.60. The van der Waals surface area contributed by atoms with Gasteiger partial charge in [-0.2, -0.15) is 0 Å². The van der Waals surface area contributed by atoms with E-state index in [9.17, 15) is 4.79 Å². The molecule has 0 radical (unpaired) electrons. The standard InChI is InChI=1S/C12H21NO/c1-12(2,3)11(14)13-9-10-7-5-4-6-8-10/h9-10H,4-8H2,1-3H3. The fourth-order valence-electron chi connectivity index (χ4n) is 1.65. The molecule has 0 atom stereocenters. The predicted octanol–water partition coefficient (Wildman–Crippen LogP) is 3.21. The molecule has 0 heterocycles. The third-order valence-electron chi connectivity index (χ3n) is 2.69. The number of nitrogens with zero attached hydrogens (tertiary/aromatic N) is 1. The zero-order valence-electron chi connectivity index (χ0n) is 9.55. The molecule has 1 saturated carbocycles. The van der Waals surface area contributed by atoms with Crippen molar-refractivity contribution in [1.82, 2.24) is 0 Å². The zero-order valence-corrected chi connectivity index (χ0v) is 9.55. The van der Waals surface area contributed by atoms with Crippen LogP contribution in [0.3, 0.4) is 0 Å². The Hall–Kier alpha value is -0.660. The lowest BCUT2D eigenvalue weighted by Gasteiger charge is -2.18. The minimum absolute atomic E-state index is 0.00285. The molecular weight excluding hydrogens is 174 g/mol. The second kappa shape index (κ2) is 4.72. The molecule has 2 nitrogen and oxygen atoms in total. The molecule has 1 aliphatic carbocycles. The molecule has 2 heteroatoms. The summed E-state index contributed by atoms with van der Waals surface area (Å²) in [6.45, 7) is 5.73. The first-order valence-corrected chi connectivity index (χ1v) is 5.59. The number of carbonyl (C=O) groups excluding carboxylic acids is 1. The van der Waals surface area contributed by atoms with Crippen molar-refractivity contribution < 1.29 is 4.79 Å². The van der Waals surface area contributed by atoms with E-state index in [4.69, 9.17) is 0 Å². The van der Waals surface area contributed by atoms with E-state index in [1.807, 2.05) is 27.0 Å². The van der Waals surface area contributed by atoms with Crippen molar-refractivity contribution in [3.8, 4) is 0 Å². The van der Waals surface area contributed by atoms with Crippen molar-refractivity contribution >= 4 is 12.1 Å². The minimum atomic E-state index is -0.328. The molecule has 14 heavy (non-hydrogen) atoms. The summed E-state index contributed by atoms with van der Waals surface area (Å²) in [5.74, 6) is 0.554. The number of carbonyl (C=O) groups is 1.